The van der Waals surface area contributed by atoms with Crippen LogP contribution in [-0.4, -0.2) is 20.7 Å². The van der Waals surface area contributed by atoms with Gasteiger partial charge in [-0.25, -0.2) is 4.98 Å². The molecule has 7 heteroatoms. The molecule has 0 saturated carbocycles. The van der Waals surface area contributed by atoms with Crippen LogP contribution < -0.4 is 5.32 Å². The van der Waals surface area contributed by atoms with Crippen LogP contribution in [0.5, 0.6) is 0 Å². The van der Waals surface area contributed by atoms with Gasteiger partial charge in [-0.05, 0) is 54.6 Å². The van der Waals surface area contributed by atoms with Crippen LogP contribution in [0.3, 0.4) is 0 Å². The van der Waals surface area contributed by atoms with Crippen molar-refractivity contribution in [3.8, 4) is 11.3 Å². The molecule has 0 radical (unpaired) electrons. The van der Waals surface area contributed by atoms with Crippen molar-refractivity contribution in [2.24, 2.45) is 0 Å². The fourth-order valence-corrected chi connectivity index (χ4v) is 3.47. The molecule has 1 amide bonds. The van der Waals surface area contributed by atoms with Crippen LogP contribution in [0.2, 0.25) is 0 Å². The maximum absolute atomic E-state index is 12.1. The Morgan fingerprint density at radius 2 is 2.04 bits per heavy atom. The number of carbonyl (C=O) groups excluding carboxylic acids is 1. The van der Waals surface area contributed by atoms with Crippen LogP contribution in [0, 0.1) is 17.4 Å². The highest BCUT2D eigenvalue weighted by Crippen LogP contribution is 2.25. The van der Waals surface area contributed by atoms with E-state index in [4.69, 9.17) is 0 Å². The molecule has 0 aliphatic heterocycles. The van der Waals surface area contributed by atoms with Gasteiger partial charge in [0.05, 0.1) is 11.4 Å². The van der Waals surface area contributed by atoms with E-state index in [1.165, 1.54) is 14.9 Å². The summed E-state index contributed by atoms with van der Waals surface area (Å²) < 4.78 is 3.04. The summed E-state index contributed by atoms with van der Waals surface area (Å²) in [6.07, 6.45) is 0.375. The second-order valence-corrected chi connectivity index (χ2v) is 7.60. The molecule has 124 valence electrons. The molecule has 3 rings (SSSR count). The van der Waals surface area contributed by atoms with Crippen molar-refractivity contribution in [1.29, 1.82) is 0 Å². The SMILES string of the molecule is Cc1cc(C)n(CCC(=O)Nc2nc(-c3ccc(I)cc3)cs2)n1. The summed E-state index contributed by atoms with van der Waals surface area (Å²) in [5.41, 5.74) is 3.96. The van der Waals surface area contributed by atoms with Gasteiger partial charge in [0, 0.05) is 33.2 Å². The van der Waals surface area contributed by atoms with Crippen molar-refractivity contribution in [2.45, 2.75) is 26.8 Å². The van der Waals surface area contributed by atoms with Gasteiger partial charge < -0.3 is 5.32 Å². The van der Waals surface area contributed by atoms with E-state index in [0.29, 0.717) is 18.1 Å². The molecule has 5 nitrogen and oxygen atoms in total. The van der Waals surface area contributed by atoms with Crippen molar-refractivity contribution in [1.82, 2.24) is 14.8 Å². The van der Waals surface area contributed by atoms with Crippen LogP contribution in [-0.2, 0) is 11.3 Å². The number of halogens is 1. The van der Waals surface area contributed by atoms with E-state index in [1.54, 1.807) is 0 Å². The smallest absolute Gasteiger partial charge is 0.228 e. The Hall–Kier alpha value is -1.74. The largest absolute Gasteiger partial charge is 0.302 e. The minimum atomic E-state index is -0.0499. The molecular formula is C17H17IN4OS. The minimum absolute atomic E-state index is 0.0499. The molecule has 0 saturated heterocycles. The third-order valence-corrected chi connectivity index (χ3v) is 5.02. The third-order valence-electron chi connectivity index (χ3n) is 3.54. The van der Waals surface area contributed by atoms with Crippen LogP contribution in [0.4, 0.5) is 5.13 Å². The van der Waals surface area contributed by atoms with E-state index in [0.717, 1.165) is 22.6 Å². The van der Waals surface area contributed by atoms with Crippen molar-refractivity contribution in [3.63, 3.8) is 0 Å². The van der Waals surface area contributed by atoms with Crippen LogP contribution in [0.15, 0.2) is 35.7 Å². The second kappa shape index (κ2) is 7.43. The van der Waals surface area contributed by atoms with Crippen LogP contribution in [0.1, 0.15) is 17.8 Å². The first kappa shape index (κ1) is 17.1. The minimum Gasteiger partial charge on any atom is -0.302 e. The molecule has 0 unspecified atom stereocenters. The number of anilines is 1. The molecule has 24 heavy (non-hydrogen) atoms. The van der Waals surface area contributed by atoms with Gasteiger partial charge >= 0.3 is 0 Å². The number of amides is 1. The van der Waals surface area contributed by atoms with E-state index < -0.39 is 0 Å². The number of nitrogens with one attached hydrogen (secondary N) is 1. The Morgan fingerprint density at radius 3 is 2.71 bits per heavy atom. The average Bonchev–Trinajstić information content (AvgIpc) is 3.12. The van der Waals surface area contributed by atoms with Crippen molar-refractivity contribution in [2.75, 3.05) is 5.32 Å². The zero-order valence-electron chi connectivity index (χ0n) is 13.4. The predicted molar refractivity (Wildman–Crippen MR) is 105 cm³/mol. The highest BCUT2D eigenvalue weighted by Gasteiger charge is 2.09. The van der Waals surface area contributed by atoms with Gasteiger partial charge in [0.1, 0.15) is 0 Å². The second-order valence-electron chi connectivity index (χ2n) is 5.49. The number of rotatable bonds is 5. The summed E-state index contributed by atoms with van der Waals surface area (Å²) >= 11 is 3.71. The number of hydrogen-bond donors (Lipinski definition) is 1. The number of benzene rings is 1. The van der Waals surface area contributed by atoms with Gasteiger partial charge in [-0.3, -0.25) is 9.48 Å². The Kier molecular flexibility index (Phi) is 5.30. The highest BCUT2D eigenvalue weighted by molar-refractivity contribution is 14.1. The zero-order valence-corrected chi connectivity index (χ0v) is 16.4. The highest BCUT2D eigenvalue weighted by atomic mass is 127. The monoisotopic (exact) mass is 452 g/mol. The molecule has 3 aromatic rings. The quantitative estimate of drug-likeness (QED) is 0.589. The van der Waals surface area contributed by atoms with Gasteiger partial charge in [-0.2, -0.15) is 5.10 Å². The van der Waals surface area contributed by atoms with E-state index >= 15 is 0 Å². The van der Waals surface area contributed by atoms with Crippen LogP contribution >= 0.6 is 33.9 Å². The van der Waals surface area contributed by atoms with Gasteiger partial charge in [-0.1, -0.05) is 12.1 Å². The number of aryl methyl sites for hydroxylation is 3. The van der Waals surface area contributed by atoms with Gasteiger partial charge in [0.2, 0.25) is 5.91 Å². The molecule has 1 N–H and O–H groups in total. The lowest BCUT2D eigenvalue weighted by molar-refractivity contribution is -0.116. The molecule has 0 aliphatic carbocycles. The molecule has 2 heterocycles. The van der Waals surface area contributed by atoms with Crippen molar-refractivity contribution < 1.29 is 4.79 Å². The topological polar surface area (TPSA) is 59.8 Å². The standard InChI is InChI=1S/C17H17IN4OS/c1-11-9-12(2)22(21-11)8-7-16(23)20-17-19-15(10-24-17)13-3-5-14(18)6-4-13/h3-6,9-10H,7-8H2,1-2H3,(H,19,20,23). The fraction of sp³-hybridized carbons (Fsp3) is 0.235. The molecule has 0 fully saturated rings. The molecule has 2 aromatic heterocycles. The third kappa shape index (κ3) is 4.21. The lowest BCUT2D eigenvalue weighted by Gasteiger charge is -2.04. The molecule has 1 aromatic carbocycles. The van der Waals surface area contributed by atoms with E-state index in [1.807, 2.05) is 54.2 Å². The maximum atomic E-state index is 12.1. The Balaban J connectivity index is 1.59. The summed E-state index contributed by atoms with van der Waals surface area (Å²) in [4.78, 5) is 16.6. The average molecular weight is 452 g/mol. The maximum Gasteiger partial charge on any atom is 0.228 e. The molecule has 0 aliphatic rings. The van der Waals surface area contributed by atoms with Crippen molar-refractivity contribution in [3.05, 3.63) is 50.7 Å². The van der Waals surface area contributed by atoms with Gasteiger partial charge in [0.15, 0.2) is 5.13 Å². The molecule has 0 spiro atoms. The van der Waals surface area contributed by atoms with Crippen molar-refractivity contribution >= 4 is 45.0 Å². The number of thiazole rings is 1. The number of hydrogen-bond acceptors (Lipinski definition) is 4. The Labute approximate surface area is 158 Å². The zero-order chi connectivity index (χ0) is 17.1. The summed E-state index contributed by atoms with van der Waals surface area (Å²) in [5, 5.41) is 9.81. The van der Waals surface area contributed by atoms with Crippen LogP contribution in [0.25, 0.3) is 11.3 Å². The number of aromatic nitrogens is 3. The Morgan fingerprint density at radius 1 is 1.29 bits per heavy atom. The normalized spacial score (nSPS) is 10.8. The predicted octanol–water partition coefficient (Wildman–Crippen LogP) is 4.26. The first-order valence-electron chi connectivity index (χ1n) is 7.53. The lowest BCUT2D eigenvalue weighted by atomic mass is 10.2. The number of carbonyl (C=O) groups is 1. The summed E-state index contributed by atoms with van der Waals surface area (Å²) in [7, 11) is 0. The lowest BCUT2D eigenvalue weighted by Crippen LogP contribution is -2.15. The summed E-state index contributed by atoms with van der Waals surface area (Å²) in [6, 6.07) is 10.2. The summed E-state index contributed by atoms with van der Waals surface area (Å²) in [5.74, 6) is -0.0499. The fourth-order valence-electron chi connectivity index (χ4n) is 2.37. The molecule has 0 bridgehead atoms. The van der Waals surface area contributed by atoms with Gasteiger partial charge in [0.25, 0.3) is 0 Å². The Bertz CT molecular complexity index is 854. The number of nitrogens with zero attached hydrogens (tertiary/aromatic N) is 3. The van der Waals surface area contributed by atoms with Gasteiger partial charge in [-0.15, -0.1) is 11.3 Å². The van der Waals surface area contributed by atoms with E-state index in [9.17, 15) is 4.79 Å². The molecular weight excluding hydrogens is 435 g/mol. The van der Waals surface area contributed by atoms with E-state index in [-0.39, 0.29) is 5.91 Å². The molecule has 0 atom stereocenters. The first-order valence-corrected chi connectivity index (χ1v) is 9.49. The summed E-state index contributed by atoms with van der Waals surface area (Å²) in [6.45, 7) is 4.51. The van der Waals surface area contributed by atoms with E-state index in [2.05, 4.69) is 38.0 Å². The first-order chi connectivity index (χ1) is 11.5.